The van der Waals surface area contributed by atoms with Crippen LogP contribution in [0.3, 0.4) is 0 Å². The van der Waals surface area contributed by atoms with Gasteiger partial charge in [-0.15, -0.1) is 0 Å². The fourth-order valence-corrected chi connectivity index (χ4v) is 3.18. The molecule has 0 spiro atoms. The minimum Gasteiger partial charge on any atom is -0.478 e. The lowest BCUT2D eigenvalue weighted by Gasteiger charge is -2.06. The van der Waals surface area contributed by atoms with Crippen molar-refractivity contribution >= 4 is 15.8 Å². The van der Waals surface area contributed by atoms with E-state index in [9.17, 15) is 13.2 Å². The highest BCUT2D eigenvalue weighted by Crippen LogP contribution is 2.08. The molecule has 0 saturated heterocycles. The lowest BCUT2D eigenvalue weighted by molar-refractivity contribution is 0.0696. The Morgan fingerprint density at radius 2 is 2.06 bits per heavy atom. The normalized spacial score (nSPS) is 11.7. The van der Waals surface area contributed by atoms with Crippen LogP contribution < -0.4 is 0 Å². The predicted molar refractivity (Wildman–Crippen MR) is 63.5 cm³/mol. The quantitative estimate of drug-likeness (QED) is 0.860. The molecule has 0 unspecified atom stereocenters. The number of hydrogen-bond acceptors (Lipinski definition) is 4. The van der Waals surface area contributed by atoms with E-state index in [1.54, 1.807) is 0 Å². The van der Waals surface area contributed by atoms with E-state index in [2.05, 4.69) is 4.98 Å². The van der Waals surface area contributed by atoms with Crippen molar-refractivity contribution in [1.82, 2.24) is 4.98 Å². The van der Waals surface area contributed by atoms with Crippen molar-refractivity contribution in [3.8, 4) is 0 Å². The van der Waals surface area contributed by atoms with E-state index in [0.717, 1.165) is 0 Å². The van der Waals surface area contributed by atoms with E-state index >= 15 is 0 Å². The number of rotatable bonds is 5. The lowest BCUT2D eigenvalue weighted by Crippen LogP contribution is -2.14. The molecule has 0 fully saturated rings. The Morgan fingerprint density at radius 3 is 2.47 bits per heavy atom. The molecule has 0 aromatic carbocycles. The van der Waals surface area contributed by atoms with Gasteiger partial charge in [0.05, 0.1) is 22.8 Å². The monoisotopic (exact) mass is 257 g/mol. The molecule has 0 aliphatic rings. The van der Waals surface area contributed by atoms with Crippen molar-refractivity contribution in [2.45, 2.75) is 19.6 Å². The summed E-state index contributed by atoms with van der Waals surface area (Å²) in [6, 6.07) is 2.79. The van der Waals surface area contributed by atoms with Gasteiger partial charge >= 0.3 is 5.97 Å². The molecule has 1 aromatic rings. The number of hydrogen-bond donors (Lipinski definition) is 1. The van der Waals surface area contributed by atoms with Crippen LogP contribution in [0.2, 0.25) is 0 Å². The van der Waals surface area contributed by atoms with Crippen LogP contribution in [-0.4, -0.2) is 30.2 Å². The van der Waals surface area contributed by atoms with E-state index in [4.69, 9.17) is 5.11 Å². The zero-order chi connectivity index (χ0) is 13.1. The zero-order valence-electron chi connectivity index (χ0n) is 9.75. The van der Waals surface area contributed by atoms with Crippen LogP contribution in [-0.2, 0) is 15.6 Å². The summed E-state index contributed by atoms with van der Waals surface area (Å²) >= 11 is 0. The first-order chi connectivity index (χ1) is 7.80. The van der Waals surface area contributed by atoms with Crippen molar-refractivity contribution in [2.24, 2.45) is 5.92 Å². The van der Waals surface area contributed by atoms with Crippen LogP contribution in [0.5, 0.6) is 0 Å². The van der Waals surface area contributed by atoms with Gasteiger partial charge in [-0.05, 0) is 18.1 Å². The molecule has 1 heterocycles. The molecule has 5 nitrogen and oxygen atoms in total. The van der Waals surface area contributed by atoms with E-state index in [0.29, 0.717) is 5.69 Å². The molecule has 0 saturated carbocycles. The smallest absolute Gasteiger partial charge is 0.337 e. The molecule has 94 valence electrons. The first-order valence-electron chi connectivity index (χ1n) is 5.19. The topological polar surface area (TPSA) is 84.3 Å². The Bertz CT molecular complexity index is 491. The number of nitrogens with zero attached hydrogens (tertiary/aromatic N) is 1. The summed E-state index contributed by atoms with van der Waals surface area (Å²) in [4.78, 5) is 14.4. The molecule has 1 rings (SSSR count). The third-order valence-corrected chi connectivity index (χ3v) is 3.94. The molecule has 0 bridgehead atoms. The third-order valence-electron chi connectivity index (χ3n) is 2.03. The molecule has 0 amide bonds. The number of aromatic nitrogens is 1. The van der Waals surface area contributed by atoms with Crippen LogP contribution in [0.1, 0.15) is 29.9 Å². The maximum absolute atomic E-state index is 11.7. The van der Waals surface area contributed by atoms with Crippen LogP contribution in [0, 0.1) is 5.92 Å². The Kier molecular flexibility index (Phi) is 4.22. The molecule has 0 aliphatic heterocycles. The van der Waals surface area contributed by atoms with Gasteiger partial charge in [0, 0.05) is 6.20 Å². The largest absolute Gasteiger partial charge is 0.478 e. The Balaban J connectivity index is 2.79. The van der Waals surface area contributed by atoms with Crippen molar-refractivity contribution in [2.75, 3.05) is 5.75 Å². The van der Waals surface area contributed by atoms with E-state index in [1.807, 2.05) is 13.8 Å². The first-order valence-corrected chi connectivity index (χ1v) is 7.01. The van der Waals surface area contributed by atoms with Gasteiger partial charge in [-0.2, -0.15) is 0 Å². The van der Waals surface area contributed by atoms with Gasteiger partial charge in [-0.25, -0.2) is 13.2 Å². The Labute approximate surface area is 100 Å². The minimum absolute atomic E-state index is 0.0509. The number of carbonyl (C=O) groups is 1. The first kappa shape index (κ1) is 13.6. The maximum atomic E-state index is 11.7. The van der Waals surface area contributed by atoms with E-state index in [-0.39, 0.29) is 23.0 Å². The highest BCUT2D eigenvalue weighted by atomic mass is 32.2. The number of carboxylic acids is 1. The molecule has 0 radical (unpaired) electrons. The number of sulfone groups is 1. The summed E-state index contributed by atoms with van der Waals surface area (Å²) in [7, 11) is -3.18. The molecule has 17 heavy (non-hydrogen) atoms. The average molecular weight is 257 g/mol. The summed E-state index contributed by atoms with van der Waals surface area (Å²) in [5.41, 5.74) is 0.422. The molecule has 0 aliphatic carbocycles. The fourth-order valence-electron chi connectivity index (χ4n) is 1.43. The standard InChI is InChI=1S/C11H15NO4S/c1-8(2)6-17(15,16)7-10-4-3-9(5-12-10)11(13)14/h3-5,8H,6-7H2,1-2H3,(H,13,14). The molecular formula is C11H15NO4S. The van der Waals surface area contributed by atoms with Gasteiger partial charge in [0.2, 0.25) is 0 Å². The second kappa shape index (κ2) is 5.27. The SMILES string of the molecule is CC(C)CS(=O)(=O)Cc1ccc(C(=O)O)cn1. The van der Waals surface area contributed by atoms with Gasteiger partial charge in [0.1, 0.15) is 0 Å². The lowest BCUT2D eigenvalue weighted by atomic mass is 10.2. The van der Waals surface area contributed by atoms with E-state index in [1.165, 1.54) is 18.3 Å². The van der Waals surface area contributed by atoms with Gasteiger partial charge in [0.25, 0.3) is 0 Å². The molecule has 0 atom stereocenters. The van der Waals surface area contributed by atoms with Gasteiger partial charge in [-0.3, -0.25) is 4.98 Å². The van der Waals surface area contributed by atoms with Crippen molar-refractivity contribution in [3.05, 3.63) is 29.6 Å². The molecule has 6 heteroatoms. The van der Waals surface area contributed by atoms with Crippen LogP contribution in [0.15, 0.2) is 18.3 Å². The van der Waals surface area contributed by atoms with Crippen LogP contribution in [0.25, 0.3) is 0 Å². The average Bonchev–Trinajstić information content (AvgIpc) is 2.15. The fraction of sp³-hybridized carbons (Fsp3) is 0.455. The molecule has 1 N–H and O–H groups in total. The highest BCUT2D eigenvalue weighted by Gasteiger charge is 2.15. The van der Waals surface area contributed by atoms with Crippen molar-refractivity contribution in [1.29, 1.82) is 0 Å². The highest BCUT2D eigenvalue weighted by molar-refractivity contribution is 7.90. The number of aromatic carboxylic acids is 1. The van der Waals surface area contributed by atoms with Gasteiger partial charge in [0.15, 0.2) is 9.84 Å². The number of pyridine rings is 1. The maximum Gasteiger partial charge on any atom is 0.337 e. The van der Waals surface area contributed by atoms with Crippen molar-refractivity contribution < 1.29 is 18.3 Å². The third kappa shape index (κ3) is 4.52. The summed E-state index contributed by atoms with van der Waals surface area (Å²) in [5.74, 6) is -1.05. The molecule has 1 aromatic heterocycles. The van der Waals surface area contributed by atoms with Gasteiger partial charge < -0.3 is 5.11 Å². The molecular weight excluding hydrogens is 242 g/mol. The second-order valence-corrected chi connectivity index (χ2v) is 6.40. The summed E-state index contributed by atoms with van der Waals surface area (Å²) < 4.78 is 23.3. The summed E-state index contributed by atoms with van der Waals surface area (Å²) in [6.45, 7) is 3.66. The summed E-state index contributed by atoms with van der Waals surface area (Å²) in [6.07, 6.45) is 1.17. The van der Waals surface area contributed by atoms with Crippen LogP contribution in [0.4, 0.5) is 0 Å². The zero-order valence-corrected chi connectivity index (χ0v) is 10.6. The Hall–Kier alpha value is -1.43. The summed E-state index contributed by atoms with van der Waals surface area (Å²) in [5, 5.41) is 8.67. The number of carboxylic acid groups (broad SMARTS) is 1. The van der Waals surface area contributed by atoms with Crippen LogP contribution >= 0.6 is 0 Å². The minimum atomic E-state index is -3.18. The van der Waals surface area contributed by atoms with Crippen molar-refractivity contribution in [3.63, 3.8) is 0 Å². The predicted octanol–water partition coefficient (Wildman–Crippen LogP) is 1.35. The van der Waals surface area contributed by atoms with E-state index < -0.39 is 15.8 Å². The Morgan fingerprint density at radius 1 is 1.41 bits per heavy atom. The second-order valence-electron chi connectivity index (χ2n) is 4.29. The van der Waals surface area contributed by atoms with Gasteiger partial charge in [-0.1, -0.05) is 13.8 Å².